The number of pyridine rings is 1. The maximum absolute atomic E-state index is 13.5. The molecule has 0 amide bonds. The Morgan fingerprint density at radius 2 is 1.88 bits per heavy atom. The molecule has 2 aliphatic rings. The molecule has 1 atom stereocenters. The number of hydrogen-bond donors (Lipinski definition) is 2. The average Bonchev–Trinajstić information content (AvgIpc) is 3.02. The monoisotopic (exact) mass is 350 g/mol. The Kier molecular flexibility index (Phi) is 3.29. The second-order valence-corrected chi connectivity index (χ2v) is 7.03. The Balaban J connectivity index is 1.79. The molecule has 1 aliphatic heterocycles. The molecule has 132 valence electrons. The van der Waals surface area contributed by atoms with Crippen molar-refractivity contribution in [2.75, 3.05) is 5.73 Å². The van der Waals surface area contributed by atoms with Gasteiger partial charge in [-0.2, -0.15) is 0 Å². The van der Waals surface area contributed by atoms with Crippen molar-refractivity contribution >= 4 is 5.69 Å². The average molecular weight is 350 g/mol. The van der Waals surface area contributed by atoms with Gasteiger partial charge in [-0.1, -0.05) is 12.1 Å². The first-order valence-electron chi connectivity index (χ1n) is 8.92. The number of fused-ring (bicyclic) bond motifs is 3. The van der Waals surface area contributed by atoms with Gasteiger partial charge in [-0.3, -0.25) is 5.10 Å². The summed E-state index contributed by atoms with van der Waals surface area (Å²) < 4.78 is 19.5. The van der Waals surface area contributed by atoms with Crippen molar-refractivity contribution in [2.45, 2.75) is 38.5 Å². The van der Waals surface area contributed by atoms with Crippen LogP contribution in [0.4, 0.5) is 10.1 Å². The summed E-state index contributed by atoms with van der Waals surface area (Å²) in [5.41, 5.74) is 13.2. The van der Waals surface area contributed by atoms with E-state index in [1.807, 2.05) is 6.92 Å². The van der Waals surface area contributed by atoms with Crippen molar-refractivity contribution in [2.24, 2.45) is 0 Å². The number of aromatic amines is 1. The number of rotatable bonds is 1. The molecule has 5 nitrogen and oxygen atoms in total. The van der Waals surface area contributed by atoms with E-state index in [1.165, 1.54) is 12.1 Å². The fourth-order valence-electron chi connectivity index (χ4n) is 4.18. The molecule has 0 spiro atoms. The molecule has 0 saturated heterocycles. The van der Waals surface area contributed by atoms with E-state index in [-0.39, 0.29) is 11.7 Å². The second kappa shape index (κ2) is 5.56. The highest BCUT2D eigenvalue weighted by Gasteiger charge is 2.37. The minimum absolute atomic E-state index is 0.173. The smallest absolute Gasteiger partial charge is 0.244 e. The summed E-state index contributed by atoms with van der Waals surface area (Å²) in [6.45, 7) is 1.96. The van der Waals surface area contributed by atoms with Crippen LogP contribution in [-0.4, -0.2) is 15.2 Å². The molecule has 1 unspecified atom stereocenters. The van der Waals surface area contributed by atoms with Gasteiger partial charge in [0.15, 0.2) is 0 Å². The number of H-pyrrole nitrogens is 1. The highest BCUT2D eigenvalue weighted by molar-refractivity contribution is 5.68. The van der Waals surface area contributed by atoms with Crippen molar-refractivity contribution in [3.05, 3.63) is 63.7 Å². The lowest BCUT2D eigenvalue weighted by Gasteiger charge is -2.29. The maximum Gasteiger partial charge on any atom is 0.244 e. The Hall–Kier alpha value is -2.89. The molecule has 2 aromatic heterocycles. The molecule has 1 aromatic carbocycles. The first kappa shape index (κ1) is 15.4. The van der Waals surface area contributed by atoms with E-state index in [0.29, 0.717) is 11.8 Å². The molecule has 3 aromatic rings. The van der Waals surface area contributed by atoms with Gasteiger partial charge in [-0.15, -0.1) is 5.10 Å². The fourth-order valence-corrected chi connectivity index (χ4v) is 4.18. The zero-order chi connectivity index (χ0) is 17.8. The summed E-state index contributed by atoms with van der Waals surface area (Å²) >= 11 is 0. The van der Waals surface area contributed by atoms with E-state index in [1.54, 1.807) is 12.1 Å². The first-order chi connectivity index (χ1) is 12.6. The number of benzene rings is 1. The van der Waals surface area contributed by atoms with Crippen LogP contribution in [0.15, 0.2) is 24.3 Å². The van der Waals surface area contributed by atoms with E-state index < -0.39 is 0 Å². The zero-order valence-electron chi connectivity index (χ0n) is 14.5. The normalized spacial score (nSPS) is 17.8. The molecular formula is C20H19FN4O. The van der Waals surface area contributed by atoms with Crippen molar-refractivity contribution in [1.29, 1.82) is 0 Å². The highest BCUT2D eigenvalue weighted by Crippen LogP contribution is 2.50. The lowest BCUT2D eigenvalue weighted by atomic mass is 9.81. The van der Waals surface area contributed by atoms with Gasteiger partial charge in [0.05, 0.1) is 5.56 Å². The SMILES string of the molecule is Cc1[nH]nc2c1C(c1ccc(F)cc1)c1c(nc3c(c1N)CCCC3)O2. The molecular weight excluding hydrogens is 331 g/mol. The number of aromatic nitrogens is 3. The van der Waals surface area contributed by atoms with Gasteiger partial charge in [0.2, 0.25) is 11.8 Å². The van der Waals surface area contributed by atoms with Crippen LogP contribution in [-0.2, 0) is 12.8 Å². The lowest BCUT2D eigenvalue weighted by molar-refractivity contribution is 0.414. The zero-order valence-corrected chi connectivity index (χ0v) is 14.5. The van der Waals surface area contributed by atoms with Crippen molar-refractivity contribution in [1.82, 2.24) is 15.2 Å². The minimum Gasteiger partial charge on any atom is -0.418 e. The van der Waals surface area contributed by atoms with Crippen LogP contribution in [0, 0.1) is 12.7 Å². The van der Waals surface area contributed by atoms with Gasteiger partial charge in [0.1, 0.15) is 5.82 Å². The van der Waals surface area contributed by atoms with E-state index in [9.17, 15) is 4.39 Å². The number of nitrogens with two attached hydrogens (primary N) is 1. The summed E-state index contributed by atoms with van der Waals surface area (Å²) in [5, 5.41) is 7.28. The van der Waals surface area contributed by atoms with Crippen LogP contribution in [0.3, 0.4) is 0 Å². The molecule has 5 rings (SSSR count). The van der Waals surface area contributed by atoms with E-state index in [0.717, 1.165) is 65.0 Å². The maximum atomic E-state index is 13.5. The minimum atomic E-state index is -0.262. The van der Waals surface area contributed by atoms with Gasteiger partial charge >= 0.3 is 0 Å². The van der Waals surface area contributed by atoms with E-state index >= 15 is 0 Å². The van der Waals surface area contributed by atoms with Crippen molar-refractivity contribution in [3.63, 3.8) is 0 Å². The number of ether oxygens (including phenoxy) is 1. The molecule has 3 N–H and O–H groups in total. The molecule has 0 bridgehead atoms. The summed E-state index contributed by atoms with van der Waals surface area (Å²) in [4.78, 5) is 4.79. The quantitative estimate of drug-likeness (QED) is 0.544. The Bertz CT molecular complexity index is 1010. The molecule has 0 saturated carbocycles. The third-order valence-corrected chi connectivity index (χ3v) is 5.45. The Morgan fingerprint density at radius 3 is 2.69 bits per heavy atom. The number of nitrogen functional groups attached to an aromatic ring is 1. The van der Waals surface area contributed by atoms with E-state index in [4.69, 9.17) is 15.5 Å². The first-order valence-corrected chi connectivity index (χ1v) is 8.92. The number of nitrogens with one attached hydrogen (secondary N) is 1. The molecule has 6 heteroatoms. The fraction of sp³-hybridized carbons (Fsp3) is 0.300. The molecule has 0 radical (unpaired) electrons. The number of aryl methyl sites for hydroxylation is 2. The van der Waals surface area contributed by atoms with Crippen LogP contribution in [0.25, 0.3) is 0 Å². The van der Waals surface area contributed by atoms with Crippen LogP contribution in [0.1, 0.15) is 52.4 Å². The van der Waals surface area contributed by atoms with Gasteiger partial charge < -0.3 is 10.5 Å². The lowest BCUT2D eigenvalue weighted by Crippen LogP contribution is -2.19. The standard InChI is InChI=1S/C20H19FN4O/c1-10-15-16(11-6-8-12(21)9-7-11)17-18(22)13-4-2-3-5-14(13)23-19(17)26-20(15)25-24-10/h6-9,16H,2-5H2,1H3,(H2,22,23)(H,24,25). The van der Waals surface area contributed by atoms with E-state index in [2.05, 4.69) is 10.2 Å². The Morgan fingerprint density at radius 1 is 1.12 bits per heavy atom. The van der Waals surface area contributed by atoms with Crippen LogP contribution >= 0.6 is 0 Å². The predicted molar refractivity (Wildman–Crippen MR) is 96.0 cm³/mol. The van der Waals surface area contributed by atoms with Crippen molar-refractivity contribution < 1.29 is 9.13 Å². The van der Waals surface area contributed by atoms with Gasteiger partial charge in [0.25, 0.3) is 0 Å². The van der Waals surface area contributed by atoms with Crippen molar-refractivity contribution in [3.8, 4) is 11.8 Å². The second-order valence-electron chi connectivity index (χ2n) is 7.03. The number of anilines is 1. The molecule has 1 aliphatic carbocycles. The van der Waals surface area contributed by atoms with Crippen LogP contribution in [0.2, 0.25) is 0 Å². The van der Waals surface area contributed by atoms with Gasteiger partial charge in [0, 0.05) is 28.6 Å². The third-order valence-electron chi connectivity index (χ3n) is 5.45. The predicted octanol–water partition coefficient (Wildman–Crippen LogP) is 4.00. The summed E-state index contributed by atoms with van der Waals surface area (Å²) in [5.74, 6) is 0.609. The van der Waals surface area contributed by atoms with Gasteiger partial charge in [-0.05, 0) is 55.9 Å². The third kappa shape index (κ3) is 2.14. The molecule has 3 heterocycles. The van der Waals surface area contributed by atoms with Crippen LogP contribution in [0.5, 0.6) is 11.8 Å². The number of halogens is 1. The number of nitrogens with zero attached hydrogens (tertiary/aromatic N) is 2. The highest BCUT2D eigenvalue weighted by atomic mass is 19.1. The van der Waals surface area contributed by atoms with Gasteiger partial charge in [-0.25, -0.2) is 9.37 Å². The van der Waals surface area contributed by atoms with Crippen LogP contribution < -0.4 is 10.5 Å². The summed E-state index contributed by atoms with van der Waals surface area (Å²) in [6.07, 6.45) is 4.10. The number of hydrogen-bond acceptors (Lipinski definition) is 4. The summed E-state index contributed by atoms with van der Waals surface area (Å²) in [6, 6.07) is 6.54. The summed E-state index contributed by atoms with van der Waals surface area (Å²) in [7, 11) is 0. The molecule has 0 fully saturated rings. The Labute approximate surface area is 150 Å². The topological polar surface area (TPSA) is 76.8 Å². The molecule has 26 heavy (non-hydrogen) atoms. The largest absolute Gasteiger partial charge is 0.418 e.